The molecule has 1 amide bonds. The van der Waals surface area contributed by atoms with Gasteiger partial charge in [-0.1, -0.05) is 29.8 Å². The first-order valence-corrected chi connectivity index (χ1v) is 10.0. The third-order valence-corrected chi connectivity index (χ3v) is 6.11. The predicted octanol–water partition coefficient (Wildman–Crippen LogP) is 3.11. The number of amides is 1. The molecule has 6 heteroatoms. The average Bonchev–Trinajstić information content (AvgIpc) is 2.55. The van der Waals surface area contributed by atoms with Crippen molar-refractivity contribution in [2.45, 2.75) is 26.2 Å². The molecule has 2 aromatic carbocycles. The Hall–Kier alpha value is -2.34. The first-order chi connectivity index (χ1) is 11.9. The highest BCUT2D eigenvalue weighted by atomic mass is 32.2. The highest BCUT2D eigenvalue weighted by molar-refractivity contribution is 7.92. The molecule has 0 aromatic heterocycles. The lowest BCUT2D eigenvalue weighted by Crippen LogP contribution is -2.37. The summed E-state index contributed by atoms with van der Waals surface area (Å²) >= 11 is 0. The molecule has 5 nitrogen and oxygen atoms in total. The number of nitrogens with zero attached hydrogens (tertiary/aromatic N) is 1. The van der Waals surface area contributed by atoms with Crippen LogP contribution in [0.3, 0.4) is 0 Å². The van der Waals surface area contributed by atoms with Crippen molar-refractivity contribution in [2.75, 3.05) is 21.9 Å². The van der Waals surface area contributed by atoms with Gasteiger partial charge in [0.05, 0.1) is 17.9 Å². The maximum atomic E-state index is 12.2. The summed E-state index contributed by atoms with van der Waals surface area (Å²) in [5, 5.41) is 2.85. The van der Waals surface area contributed by atoms with Crippen molar-refractivity contribution in [3.63, 3.8) is 0 Å². The number of benzene rings is 2. The molecular formula is C19H22N2O3S. The number of hydrogen-bond acceptors (Lipinski definition) is 3. The number of carbonyl (C=O) groups is 1. The fraction of sp³-hybridized carbons (Fsp3) is 0.316. The van der Waals surface area contributed by atoms with Crippen LogP contribution in [0.15, 0.2) is 48.5 Å². The van der Waals surface area contributed by atoms with Gasteiger partial charge in [0.1, 0.15) is 0 Å². The molecule has 1 aliphatic rings. The number of anilines is 2. The van der Waals surface area contributed by atoms with E-state index in [-0.39, 0.29) is 11.7 Å². The normalized spacial score (nSPS) is 16.4. The van der Waals surface area contributed by atoms with E-state index in [9.17, 15) is 13.2 Å². The van der Waals surface area contributed by atoms with Crippen LogP contribution >= 0.6 is 0 Å². The van der Waals surface area contributed by atoms with Gasteiger partial charge >= 0.3 is 0 Å². The van der Waals surface area contributed by atoms with Gasteiger partial charge in [-0.2, -0.15) is 0 Å². The highest BCUT2D eigenvalue weighted by Gasteiger charge is 2.25. The molecule has 1 fully saturated rings. The number of hydrogen-bond donors (Lipinski definition) is 1. The summed E-state index contributed by atoms with van der Waals surface area (Å²) < 4.78 is 25.7. The molecule has 0 atom stereocenters. The molecule has 3 rings (SSSR count). The van der Waals surface area contributed by atoms with Crippen molar-refractivity contribution in [3.05, 3.63) is 59.7 Å². The van der Waals surface area contributed by atoms with E-state index in [1.165, 1.54) is 4.31 Å². The lowest BCUT2D eigenvalue weighted by molar-refractivity contribution is -0.115. The summed E-state index contributed by atoms with van der Waals surface area (Å²) in [7, 11) is -3.21. The zero-order valence-corrected chi connectivity index (χ0v) is 15.1. The molecule has 2 aromatic rings. The Labute approximate surface area is 148 Å². The Morgan fingerprint density at radius 3 is 2.56 bits per heavy atom. The quantitative estimate of drug-likeness (QED) is 0.913. The molecule has 0 radical (unpaired) electrons. The zero-order valence-electron chi connectivity index (χ0n) is 14.2. The molecule has 0 aliphatic carbocycles. The van der Waals surface area contributed by atoms with E-state index >= 15 is 0 Å². The molecule has 25 heavy (non-hydrogen) atoms. The summed E-state index contributed by atoms with van der Waals surface area (Å²) in [4.78, 5) is 12.2. The van der Waals surface area contributed by atoms with Gasteiger partial charge in [-0.3, -0.25) is 9.10 Å². The Balaban J connectivity index is 1.65. The van der Waals surface area contributed by atoms with E-state index in [1.807, 2.05) is 31.2 Å². The number of sulfonamides is 1. The van der Waals surface area contributed by atoms with Gasteiger partial charge in [0.15, 0.2) is 0 Å². The van der Waals surface area contributed by atoms with Gasteiger partial charge in [-0.25, -0.2) is 8.42 Å². The van der Waals surface area contributed by atoms with Gasteiger partial charge < -0.3 is 5.32 Å². The summed E-state index contributed by atoms with van der Waals surface area (Å²) in [6.07, 6.45) is 1.89. The summed E-state index contributed by atoms with van der Waals surface area (Å²) in [6, 6.07) is 14.8. The molecular weight excluding hydrogens is 336 g/mol. The van der Waals surface area contributed by atoms with Crippen molar-refractivity contribution in [1.82, 2.24) is 0 Å². The molecule has 0 unspecified atom stereocenters. The topological polar surface area (TPSA) is 66.5 Å². The molecule has 0 bridgehead atoms. The number of nitrogens with one attached hydrogen (secondary N) is 1. The van der Waals surface area contributed by atoms with Crippen LogP contribution in [0.2, 0.25) is 0 Å². The van der Waals surface area contributed by atoms with Gasteiger partial charge in [0.2, 0.25) is 15.9 Å². The second kappa shape index (κ2) is 7.27. The Morgan fingerprint density at radius 2 is 1.88 bits per heavy atom. The number of carbonyl (C=O) groups excluding carboxylic acids is 1. The molecule has 0 saturated carbocycles. The van der Waals surface area contributed by atoms with E-state index in [0.29, 0.717) is 30.8 Å². The fourth-order valence-electron chi connectivity index (χ4n) is 3.00. The van der Waals surface area contributed by atoms with Crippen molar-refractivity contribution < 1.29 is 13.2 Å². The maximum Gasteiger partial charge on any atom is 0.235 e. The van der Waals surface area contributed by atoms with Crippen LogP contribution in [0.5, 0.6) is 0 Å². The minimum atomic E-state index is -3.21. The minimum absolute atomic E-state index is 0.0936. The Morgan fingerprint density at radius 1 is 1.12 bits per heavy atom. The molecule has 1 saturated heterocycles. The van der Waals surface area contributed by atoms with Crippen LogP contribution in [-0.2, 0) is 21.2 Å². The molecule has 1 heterocycles. The lowest BCUT2D eigenvalue weighted by Gasteiger charge is -2.28. The van der Waals surface area contributed by atoms with E-state index in [0.717, 1.165) is 17.5 Å². The second-order valence-corrected chi connectivity index (χ2v) is 8.37. The van der Waals surface area contributed by atoms with Crippen molar-refractivity contribution >= 4 is 27.3 Å². The van der Waals surface area contributed by atoms with Crippen LogP contribution in [0.25, 0.3) is 0 Å². The van der Waals surface area contributed by atoms with Crippen molar-refractivity contribution in [3.8, 4) is 0 Å². The van der Waals surface area contributed by atoms with Gasteiger partial charge in [-0.05, 0) is 49.6 Å². The Kier molecular flexibility index (Phi) is 5.08. The van der Waals surface area contributed by atoms with Crippen molar-refractivity contribution in [2.24, 2.45) is 0 Å². The lowest BCUT2D eigenvalue weighted by atomic mass is 10.1. The van der Waals surface area contributed by atoms with Crippen LogP contribution in [-0.4, -0.2) is 26.6 Å². The fourth-order valence-corrected chi connectivity index (χ4v) is 4.64. The SMILES string of the molecule is Cc1cccc(CC(=O)Nc2ccc(N3CCCCS3(=O)=O)cc2)c1. The van der Waals surface area contributed by atoms with E-state index in [4.69, 9.17) is 0 Å². The summed E-state index contributed by atoms with van der Waals surface area (Å²) in [5.74, 6) is 0.103. The predicted molar refractivity (Wildman–Crippen MR) is 100 cm³/mol. The van der Waals surface area contributed by atoms with E-state index in [1.54, 1.807) is 24.3 Å². The number of aryl methyl sites for hydroxylation is 1. The van der Waals surface area contributed by atoms with Crippen LogP contribution in [0, 0.1) is 6.92 Å². The first kappa shape index (κ1) is 17.5. The number of rotatable bonds is 4. The molecule has 132 valence electrons. The van der Waals surface area contributed by atoms with Crippen molar-refractivity contribution in [1.29, 1.82) is 0 Å². The Bertz CT molecular complexity index is 860. The standard InChI is InChI=1S/C19H22N2O3S/c1-15-5-4-6-16(13-15)14-19(22)20-17-7-9-18(10-8-17)21-11-2-3-12-25(21,23)24/h4-10,13H,2-3,11-12,14H2,1H3,(H,20,22). The van der Waals surface area contributed by atoms with Crippen LogP contribution < -0.4 is 9.62 Å². The van der Waals surface area contributed by atoms with Gasteiger partial charge in [0, 0.05) is 12.2 Å². The van der Waals surface area contributed by atoms with E-state index in [2.05, 4.69) is 5.32 Å². The minimum Gasteiger partial charge on any atom is -0.326 e. The first-order valence-electron chi connectivity index (χ1n) is 8.40. The summed E-state index contributed by atoms with van der Waals surface area (Å²) in [5.41, 5.74) is 3.40. The smallest absolute Gasteiger partial charge is 0.235 e. The third-order valence-electron chi connectivity index (χ3n) is 4.24. The zero-order chi connectivity index (χ0) is 17.9. The monoisotopic (exact) mass is 358 g/mol. The van der Waals surface area contributed by atoms with E-state index < -0.39 is 10.0 Å². The van der Waals surface area contributed by atoms with Crippen LogP contribution in [0.1, 0.15) is 24.0 Å². The van der Waals surface area contributed by atoms with Gasteiger partial charge in [0.25, 0.3) is 0 Å². The molecule has 1 N–H and O–H groups in total. The molecule has 1 aliphatic heterocycles. The van der Waals surface area contributed by atoms with Crippen LogP contribution in [0.4, 0.5) is 11.4 Å². The average molecular weight is 358 g/mol. The highest BCUT2D eigenvalue weighted by Crippen LogP contribution is 2.25. The second-order valence-electron chi connectivity index (χ2n) is 6.36. The van der Waals surface area contributed by atoms with Gasteiger partial charge in [-0.15, -0.1) is 0 Å². The largest absolute Gasteiger partial charge is 0.326 e. The summed E-state index contributed by atoms with van der Waals surface area (Å²) in [6.45, 7) is 2.51. The third kappa shape index (κ3) is 4.39. The maximum absolute atomic E-state index is 12.2. The molecule has 0 spiro atoms.